The van der Waals surface area contributed by atoms with E-state index in [1.807, 2.05) is 0 Å². The number of carbonyl (C=O) groups is 2. The van der Waals surface area contributed by atoms with Crippen LogP contribution in [0.1, 0.15) is 171 Å². The predicted molar refractivity (Wildman–Crippen MR) is 279 cm³/mol. The molecule has 0 amide bonds. The monoisotopic (exact) mass is 1030 g/mol. The third-order valence-electron chi connectivity index (χ3n) is 25.4. The molecule has 8 unspecified atom stereocenters. The van der Waals surface area contributed by atoms with E-state index in [4.69, 9.17) is 37.9 Å². The molecule has 2 saturated heterocycles. The van der Waals surface area contributed by atoms with Crippen molar-refractivity contribution >= 4 is 11.9 Å². The first-order valence-electron chi connectivity index (χ1n) is 30.0. The molecule has 10 fully saturated rings. The Hall–Kier alpha value is -1.90. The van der Waals surface area contributed by atoms with Crippen LogP contribution in [0.25, 0.3) is 0 Å². The van der Waals surface area contributed by atoms with E-state index in [1.165, 1.54) is 19.3 Å². The van der Waals surface area contributed by atoms with Gasteiger partial charge >= 0.3 is 11.9 Å². The summed E-state index contributed by atoms with van der Waals surface area (Å²) in [6.07, 6.45) is 22.4. The summed E-state index contributed by atoms with van der Waals surface area (Å²) in [7, 11) is 3.46. The number of fused-ring (bicyclic) bond motifs is 10. The van der Waals surface area contributed by atoms with Crippen molar-refractivity contribution in [3.63, 3.8) is 0 Å². The van der Waals surface area contributed by atoms with Gasteiger partial charge < -0.3 is 48.1 Å². The van der Waals surface area contributed by atoms with Crippen LogP contribution in [0.15, 0.2) is 23.3 Å². The number of cyclic esters (lactones) is 2. The molecule has 2 N–H and O–H groups in total. The van der Waals surface area contributed by atoms with Crippen molar-refractivity contribution in [2.45, 2.75) is 219 Å². The van der Waals surface area contributed by atoms with E-state index in [-0.39, 0.29) is 82.2 Å². The van der Waals surface area contributed by atoms with Crippen molar-refractivity contribution in [1.82, 2.24) is 0 Å². The summed E-state index contributed by atoms with van der Waals surface area (Å²) >= 11 is 0. The number of rotatable bonds is 8. The van der Waals surface area contributed by atoms with Gasteiger partial charge in [-0.25, -0.2) is 9.59 Å². The summed E-state index contributed by atoms with van der Waals surface area (Å²) in [6, 6.07) is 0. The van der Waals surface area contributed by atoms with E-state index in [0.29, 0.717) is 79.2 Å². The van der Waals surface area contributed by atoms with Crippen LogP contribution in [0.2, 0.25) is 0 Å². The Kier molecular flexibility index (Phi) is 14.6. The van der Waals surface area contributed by atoms with Crippen LogP contribution < -0.4 is 0 Å². The number of esters is 2. The highest BCUT2D eigenvalue weighted by Gasteiger charge is 2.70. The molecule has 0 aromatic heterocycles. The van der Waals surface area contributed by atoms with Gasteiger partial charge in [-0.3, -0.25) is 0 Å². The van der Waals surface area contributed by atoms with Gasteiger partial charge in [-0.2, -0.15) is 0 Å². The van der Waals surface area contributed by atoms with E-state index in [2.05, 4.69) is 55.4 Å². The molecule has 4 heterocycles. The van der Waals surface area contributed by atoms with Crippen molar-refractivity contribution in [1.29, 1.82) is 0 Å². The molecule has 8 aliphatic carbocycles. The molecule has 8 saturated carbocycles. The molecule has 24 atom stereocenters. The van der Waals surface area contributed by atoms with Gasteiger partial charge in [-0.05, 0) is 197 Å². The average molecular weight is 1030 g/mol. The first kappa shape index (κ1) is 54.1. The fraction of sp³-hybridized carbons (Fsp3) is 0.903. The molecule has 0 aromatic rings. The van der Waals surface area contributed by atoms with Crippen LogP contribution in [0, 0.1) is 92.7 Å². The number of aliphatic hydroxyl groups is 2. The van der Waals surface area contributed by atoms with Gasteiger partial charge in [0.2, 0.25) is 0 Å². The SMILES string of the molecule is CC1[C@@H](O[C@H]2CC[C@@]3(C)C(CCC4C3CC[C@]3(C)[C@@H](C5=CC(=O)OC5)CC[C@]43O)C2)OC[C@H](C)[C@@H]1C.COC1[C@@H](O[C@H]2CC[C@@]3(C)C(CCC4C3CC[C@]3(C)[C@@H](C5=CC(=O)OC5)CC[C@]43O)C2)OC[C@H](C)[C@@H]1OC. The Bertz CT molecular complexity index is 2160. The van der Waals surface area contributed by atoms with Gasteiger partial charge in [0.05, 0.1) is 42.7 Å². The summed E-state index contributed by atoms with van der Waals surface area (Å²) in [5.41, 5.74) is 1.10. The summed E-state index contributed by atoms with van der Waals surface area (Å²) in [5, 5.41) is 24.9. The van der Waals surface area contributed by atoms with Crippen molar-refractivity contribution in [3.8, 4) is 0 Å². The van der Waals surface area contributed by atoms with Crippen LogP contribution in [0.3, 0.4) is 0 Å². The van der Waals surface area contributed by atoms with Crippen LogP contribution in [0.5, 0.6) is 0 Å². The van der Waals surface area contributed by atoms with Gasteiger partial charge in [-0.15, -0.1) is 0 Å². The molecule has 4 aliphatic heterocycles. The Morgan fingerprint density at radius 3 is 1.43 bits per heavy atom. The minimum Gasteiger partial charge on any atom is -0.458 e. The lowest BCUT2D eigenvalue weighted by atomic mass is 9.43. The summed E-state index contributed by atoms with van der Waals surface area (Å²) < 4.78 is 47.6. The zero-order valence-electron chi connectivity index (χ0n) is 47.1. The lowest BCUT2D eigenvalue weighted by Crippen LogP contribution is -2.62. The number of carbonyl (C=O) groups excluding carboxylic acids is 2. The predicted octanol–water partition coefficient (Wildman–Crippen LogP) is 10.5. The van der Waals surface area contributed by atoms with Crippen molar-refractivity contribution in [3.05, 3.63) is 23.3 Å². The van der Waals surface area contributed by atoms with Gasteiger partial charge in [0.15, 0.2) is 12.6 Å². The Morgan fingerprint density at radius 1 is 0.514 bits per heavy atom. The first-order valence-corrected chi connectivity index (χ1v) is 30.0. The highest BCUT2D eigenvalue weighted by atomic mass is 16.7. The fourth-order valence-corrected chi connectivity index (χ4v) is 20.5. The number of hydrogen-bond acceptors (Lipinski definition) is 12. The molecule has 0 radical (unpaired) electrons. The maximum absolute atomic E-state index is 12.4. The van der Waals surface area contributed by atoms with Crippen LogP contribution in [-0.2, 0) is 47.5 Å². The second kappa shape index (κ2) is 20.0. The molecule has 12 aliphatic rings. The second-order valence-electron chi connectivity index (χ2n) is 28.1. The van der Waals surface area contributed by atoms with E-state index in [0.717, 1.165) is 114 Å². The van der Waals surface area contributed by atoms with Gasteiger partial charge in [0, 0.05) is 49.0 Å². The molecule has 0 aromatic carbocycles. The molecule has 12 nitrogen and oxygen atoms in total. The molecular formula is C62H96O12. The Balaban J connectivity index is 0.000000159. The van der Waals surface area contributed by atoms with Crippen LogP contribution >= 0.6 is 0 Å². The topological polar surface area (TPSA) is 148 Å². The lowest BCUT2D eigenvalue weighted by molar-refractivity contribution is -0.289. The minimum absolute atomic E-state index is 0.0275. The average Bonchev–Trinajstić information content (AvgIpc) is 4.16. The Morgan fingerprint density at radius 2 is 0.973 bits per heavy atom. The zero-order chi connectivity index (χ0) is 52.3. The van der Waals surface area contributed by atoms with Crippen molar-refractivity contribution in [2.75, 3.05) is 40.6 Å². The van der Waals surface area contributed by atoms with Gasteiger partial charge in [0.25, 0.3) is 0 Å². The number of ether oxygens (including phenoxy) is 8. The minimum atomic E-state index is -0.665. The van der Waals surface area contributed by atoms with E-state index >= 15 is 0 Å². The van der Waals surface area contributed by atoms with Gasteiger partial charge in [-0.1, -0.05) is 55.4 Å². The summed E-state index contributed by atoms with van der Waals surface area (Å²) in [6.45, 7) is 21.0. The highest BCUT2D eigenvalue weighted by molar-refractivity contribution is 5.86. The Labute approximate surface area is 443 Å². The standard InChI is InChI=1S/C31H48O7.C31H48O5/c1-18-16-37-28(27(35-5)26(18)34-4)38-21-8-11-29(2)20(15-21)6-7-24-23(29)9-12-30(3)22(10-13-31(24,30)33)19-14-25(32)36-17-19;1-18-16-35-28(20(3)19(18)2)36-23-8-11-29(4)22(15-23)6-7-26-25(29)9-12-30(5)24(10-13-31(26,30)33)21-14-27(32)34-17-21/h14,18,20-24,26-28,33H,6-13,15-17H2,1-5H3;14,18-20,22-26,28,33H,6-13,15-17H2,1-5H3/t18-,20?,21-,22+,23?,24?,26-,27?,28+,29-,30+,31-;18-,19-,20?,22?,23-,24+,25?,26?,28+,29-,30+,31-/m00/s1. The lowest BCUT2D eigenvalue weighted by Gasteiger charge is -2.64. The molecule has 0 spiro atoms. The van der Waals surface area contributed by atoms with Crippen molar-refractivity contribution < 1.29 is 57.7 Å². The summed E-state index contributed by atoms with van der Waals surface area (Å²) in [5.74, 6) is 5.09. The van der Waals surface area contributed by atoms with E-state index in [1.54, 1.807) is 26.4 Å². The van der Waals surface area contributed by atoms with Crippen LogP contribution in [0.4, 0.5) is 0 Å². The molecule has 74 heavy (non-hydrogen) atoms. The third-order valence-corrected chi connectivity index (χ3v) is 25.4. The van der Waals surface area contributed by atoms with E-state index < -0.39 is 11.2 Å². The maximum atomic E-state index is 12.4. The fourth-order valence-electron chi connectivity index (χ4n) is 20.5. The zero-order valence-corrected chi connectivity index (χ0v) is 47.1. The molecule has 12 rings (SSSR count). The normalized spacial score (nSPS) is 53.6. The molecule has 12 heteroatoms. The first-order chi connectivity index (χ1) is 35.2. The smallest absolute Gasteiger partial charge is 0.331 e. The summed E-state index contributed by atoms with van der Waals surface area (Å²) in [4.78, 5) is 23.6. The molecular weight excluding hydrogens is 937 g/mol. The second-order valence-corrected chi connectivity index (χ2v) is 28.1. The molecule has 0 bridgehead atoms. The number of hydrogen-bond donors (Lipinski definition) is 2. The highest BCUT2D eigenvalue weighted by Crippen LogP contribution is 2.72. The van der Waals surface area contributed by atoms with Gasteiger partial charge in [0.1, 0.15) is 19.3 Å². The number of methoxy groups -OCH3 is 2. The molecule has 416 valence electrons. The third kappa shape index (κ3) is 8.53. The maximum Gasteiger partial charge on any atom is 0.331 e. The van der Waals surface area contributed by atoms with Crippen LogP contribution in [-0.4, -0.2) is 111 Å². The van der Waals surface area contributed by atoms with Crippen molar-refractivity contribution in [2.24, 2.45) is 92.7 Å². The van der Waals surface area contributed by atoms with E-state index in [9.17, 15) is 19.8 Å². The quantitative estimate of drug-likeness (QED) is 0.176. The largest absolute Gasteiger partial charge is 0.458 e.